The number of halogens is 3. The molecule has 0 aliphatic carbocycles. The van der Waals surface area contributed by atoms with E-state index < -0.39 is 41.3 Å². The molecular weight excluding hydrogens is 423 g/mol. The number of carbonyl (C=O) groups is 2. The monoisotopic (exact) mass is 449 g/mol. The SMILES string of the molecule is CC(C)C1N(C(=O)C(C)C(C)(O)C(F)(F)F)C(=O)OC1(c1ccccc1)c1ccccc1. The van der Waals surface area contributed by atoms with E-state index >= 15 is 0 Å². The zero-order chi connectivity index (χ0) is 23.9. The number of amides is 2. The van der Waals surface area contributed by atoms with Crippen molar-refractivity contribution < 1.29 is 32.6 Å². The van der Waals surface area contributed by atoms with Gasteiger partial charge in [0.2, 0.25) is 5.91 Å². The second kappa shape index (κ2) is 8.24. The van der Waals surface area contributed by atoms with Crippen LogP contribution in [0.3, 0.4) is 0 Å². The summed E-state index contributed by atoms with van der Waals surface area (Å²) in [6.07, 6.45) is -6.11. The van der Waals surface area contributed by atoms with Gasteiger partial charge in [0.05, 0.1) is 12.0 Å². The minimum atomic E-state index is -5.06. The third kappa shape index (κ3) is 3.66. The zero-order valence-electron chi connectivity index (χ0n) is 18.3. The highest BCUT2D eigenvalue weighted by Crippen LogP contribution is 2.48. The molecule has 2 aromatic carbocycles. The van der Waals surface area contributed by atoms with E-state index in [-0.39, 0.29) is 5.92 Å². The first-order valence-corrected chi connectivity index (χ1v) is 10.3. The molecule has 0 spiro atoms. The second-order valence-electron chi connectivity index (χ2n) is 8.60. The van der Waals surface area contributed by atoms with E-state index in [1.165, 1.54) is 0 Å². The number of aliphatic hydroxyl groups is 1. The molecule has 1 heterocycles. The molecule has 3 rings (SSSR count). The van der Waals surface area contributed by atoms with Gasteiger partial charge in [-0.3, -0.25) is 4.79 Å². The van der Waals surface area contributed by atoms with Crippen LogP contribution in [-0.2, 0) is 15.1 Å². The van der Waals surface area contributed by atoms with Crippen LogP contribution in [0.15, 0.2) is 60.7 Å². The summed E-state index contributed by atoms with van der Waals surface area (Å²) in [4.78, 5) is 27.1. The Morgan fingerprint density at radius 2 is 1.44 bits per heavy atom. The normalized spacial score (nSPS) is 21.2. The molecule has 1 aliphatic rings. The van der Waals surface area contributed by atoms with Gasteiger partial charge in [-0.2, -0.15) is 13.2 Å². The minimum absolute atomic E-state index is 0.381. The van der Waals surface area contributed by atoms with Gasteiger partial charge in [0.1, 0.15) is 0 Å². The molecule has 3 atom stereocenters. The predicted octanol–water partition coefficient (Wildman–Crippen LogP) is 4.88. The maximum atomic E-state index is 13.4. The lowest BCUT2D eigenvalue weighted by molar-refractivity contribution is -0.268. The van der Waals surface area contributed by atoms with Crippen molar-refractivity contribution >= 4 is 12.0 Å². The van der Waals surface area contributed by atoms with Gasteiger partial charge in [-0.1, -0.05) is 81.4 Å². The summed E-state index contributed by atoms with van der Waals surface area (Å²) in [5.41, 5.74) is -3.57. The third-order valence-corrected chi connectivity index (χ3v) is 6.20. The molecule has 172 valence electrons. The van der Waals surface area contributed by atoms with Crippen LogP contribution in [-0.4, -0.2) is 39.8 Å². The van der Waals surface area contributed by atoms with E-state index in [4.69, 9.17) is 4.74 Å². The van der Waals surface area contributed by atoms with Crippen molar-refractivity contribution in [3.8, 4) is 0 Å². The molecule has 2 aromatic rings. The first kappa shape index (κ1) is 23.8. The van der Waals surface area contributed by atoms with E-state index in [0.717, 1.165) is 11.8 Å². The van der Waals surface area contributed by atoms with Crippen LogP contribution in [0.2, 0.25) is 0 Å². The molecule has 0 radical (unpaired) electrons. The summed E-state index contributed by atoms with van der Waals surface area (Å²) in [5.74, 6) is -3.46. The summed E-state index contributed by atoms with van der Waals surface area (Å²) in [5, 5.41) is 10.1. The fourth-order valence-corrected chi connectivity index (χ4v) is 4.23. The Labute approximate surface area is 184 Å². The summed E-state index contributed by atoms with van der Waals surface area (Å²) in [7, 11) is 0. The predicted molar refractivity (Wildman–Crippen MR) is 111 cm³/mol. The van der Waals surface area contributed by atoms with Crippen LogP contribution in [0.25, 0.3) is 0 Å². The highest BCUT2D eigenvalue weighted by molar-refractivity contribution is 5.96. The molecule has 0 bridgehead atoms. The number of rotatable bonds is 5. The highest BCUT2D eigenvalue weighted by Gasteiger charge is 2.63. The molecule has 1 saturated heterocycles. The Morgan fingerprint density at radius 1 is 1.00 bits per heavy atom. The van der Waals surface area contributed by atoms with Gasteiger partial charge in [-0.25, -0.2) is 9.69 Å². The molecule has 8 heteroatoms. The van der Waals surface area contributed by atoms with Crippen molar-refractivity contribution in [2.45, 2.75) is 51.1 Å². The van der Waals surface area contributed by atoms with Crippen molar-refractivity contribution in [2.24, 2.45) is 11.8 Å². The maximum absolute atomic E-state index is 13.4. The minimum Gasteiger partial charge on any atom is -0.430 e. The zero-order valence-corrected chi connectivity index (χ0v) is 18.3. The Balaban J connectivity index is 2.19. The van der Waals surface area contributed by atoms with Crippen LogP contribution < -0.4 is 0 Å². The number of imide groups is 1. The van der Waals surface area contributed by atoms with E-state index in [9.17, 15) is 27.9 Å². The number of hydrogen-bond donors (Lipinski definition) is 1. The van der Waals surface area contributed by atoms with Crippen LogP contribution in [0.5, 0.6) is 0 Å². The topological polar surface area (TPSA) is 66.8 Å². The molecule has 0 aromatic heterocycles. The first-order chi connectivity index (χ1) is 14.9. The number of alkyl halides is 3. The lowest BCUT2D eigenvalue weighted by Gasteiger charge is -2.39. The second-order valence-corrected chi connectivity index (χ2v) is 8.60. The molecule has 2 amide bonds. The number of carbonyl (C=O) groups excluding carboxylic acids is 2. The number of benzene rings is 2. The van der Waals surface area contributed by atoms with Gasteiger partial charge in [-0.15, -0.1) is 0 Å². The van der Waals surface area contributed by atoms with Crippen molar-refractivity contribution in [1.29, 1.82) is 0 Å². The lowest BCUT2D eigenvalue weighted by Crippen LogP contribution is -2.57. The van der Waals surface area contributed by atoms with Crippen molar-refractivity contribution in [3.05, 3.63) is 71.8 Å². The Morgan fingerprint density at radius 3 is 1.81 bits per heavy atom. The average molecular weight is 449 g/mol. The van der Waals surface area contributed by atoms with Gasteiger partial charge in [0.25, 0.3) is 0 Å². The van der Waals surface area contributed by atoms with E-state index in [0.29, 0.717) is 18.1 Å². The van der Waals surface area contributed by atoms with Crippen molar-refractivity contribution in [2.75, 3.05) is 0 Å². The van der Waals surface area contributed by atoms with Crippen LogP contribution in [0.4, 0.5) is 18.0 Å². The van der Waals surface area contributed by atoms with E-state index in [2.05, 4.69) is 0 Å². The summed E-state index contributed by atoms with van der Waals surface area (Å²) < 4.78 is 46.2. The van der Waals surface area contributed by atoms with Crippen LogP contribution in [0, 0.1) is 11.8 Å². The summed E-state index contributed by atoms with van der Waals surface area (Å²) in [6, 6.07) is 16.7. The van der Waals surface area contributed by atoms with Crippen molar-refractivity contribution in [3.63, 3.8) is 0 Å². The smallest absolute Gasteiger partial charge is 0.418 e. The third-order valence-electron chi connectivity index (χ3n) is 6.20. The Bertz CT molecular complexity index is 934. The van der Waals surface area contributed by atoms with Gasteiger partial charge < -0.3 is 9.84 Å². The van der Waals surface area contributed by atoms with Crippen LogP contribution >= 0.6 is 0 Å². The number of nitrogens with zero attached hydrogens (tertiary/aromatic N) is 1. The molecule has 0 saturated carbocycles. The fourth-order valence-electron chi connectivity index (χ4n) is 4.23. The largest absolute Gasteiger partial charge is 0.430 e. The number of hydrogen-bond acceptors (Lipinski definition) is 4. The van der Waals surface area contributed by atoms with Gasteiger partial charge in [0, 0.05) is 11.1 Å². The fraction of sp³-hybridized carbons (Fsp3) is 0.417. The molecule has 3 unspecified atom stereocenters. The maximum Gasteiger partial charge on any atom is 0.418 e. The van der Waals surface area contributed by atoms with Gasteiger partial charge in [0.15, 0.2) is 11.2 Å². The number of ether oxygens (including phenoxy) is 1. The molecular formula is C24H26F3NO4. The lowest BCUT2D eigenvalue weighted by atomic mass is 9.75. The quantitative estimate of drug-likeness (QED) is 0.706. The first-order valence-electron chi connectivity index (χ1n) is 10.3. The Hall–Kier alpha value is -2.87. The molecule has 1 N–H and O–H groups in total. The van der Waals surface area contributed by atoms with Crippen LogP contribution in [0.1, 0.15) is 38.8 Å². The standard InChI is InChI=1S/C24H26F3NO4/c1-15(2)19-23(17-11-7-5-8-12-17,18-13-9-6-10-14-18)32-21(30)28(19)20(29)16(3)22(4,31)24(25,26)27/h5-16,19,31H,1-4H3. The van der Waals surface area contributed by atoms with E-state index in [1.807, 2.05) is 0 Å². The Kier molecular flexibility index (Phi) is 6.12. The average Bonchev–Trinajstić information content (AvgIpc) is 3.07. The van der Waals surface area contributed by atoms with Gasteiger partial charge >= 0.3 is 12.3 Å². The highest BCUT2D eigenvalue weighted by atomic mass is 19.4. The molecule has 32 heavy (non-hydrogen) atoms. The molecule has 1 aliphatic heterocycles. The van der Waals surface area contributed by atoms with Crippen molar-refractivity contribution in [1.82, 2.24) is 4.90 Å². The summed E-state index contributed by atoms with van der Waals surface area (Å²) in [6.45, 7) is 5.02. The summed E-state index contributed by atoms with van der Waals surface area (Å²) >= 11 is 0. The molecule has 5 nitrogen and oxygen atoms in total. The van der Waals surface area contributed by atoms with E-state index in [1.54, 1.807) is 74.5 Å². The molecule has 1 fully saturated rings. The van der Waals surface area contributed by atoms with Gasteiger partial charge in [-0.05, 0) is 12.8 Å². The number of cyclic esters (lactones) is 1.